The average Bonchev–Trinajstić information content (AvgIpc) is 3.07. The van der Waals surface area contributed by atoms with Gasteiger partial charge in [0.2, 0.25) is 0 Å². The SMILES string of the molecule is CCCC1(CN=C(N)NCCCOCC)CC1.I. The molecule has 18 heavy (non-hydrogen) atoms. The summed E-state index contributed by atoms with van der Waals surface area (Å²) in [4.78, 5) is 4.44. The van der Waals surface area contributed by atoms with Gasteiger partial charge in [-0.05, 0) is 38.0 Å². The van der Waals surface area contributed by atoms with Gasteiger partial charge in [-0.15, -0.1) is 24.0 Å². The van der Waals surface area contributed by atoms with Crippen LogP contribution in [0, 0.1) is 5.41 Å². The van der Waals surface area contributed by atoms with Crippen LogP contribution in [-0.2, 0) is 4.74 Å². The zero-order chi connectivity index (χ0) is 12.6. The lowest BCUT2D eigenvalue weighted by atomic mass is 10.0. The summed E-state index contributed by atoms with van der Waals surface area (Å²) in [5.41, 5.74) is 6.31. The minimum atomic E-state index is 0. The third-order valence-corrected chi connectivity index (χ3v) is 3.30. The summed E-state index contributed by atoms with van der Waals surface area (Å²) in [6, 6.07) is 0. The lowest BCUT2D eigenvalue weighted by Crippen LogP contribution is -2.33. The van der Waals surface area contributed by atoms with Gasteiger partial charge in [-0.3, -0.25) is 4.99 Å². The van der Waals surface area contributed by atoms with Crippen LogP contribution in [0.15, 0.2) is 4.99 Å². The zero-order valence-corrected chi connectivity index (χ0v) is 14.0. The van der Waals surface area contributed by atoms with Gasteiger partial charge in [0.05, 0.1) is 0 Å². The van der Waals surface area contributed by atoms with Crippen molar-refractivity contribution in [2.75, 3.05) is 26.3 Å². The Kier molecular flexibility index (Phi) is 9.81. The van der Waals surface area contributed by atoms with E-state index in [1.54, 1.807) is 0 Å². The summed E-state index contributed by atoms with van der Waals surface area (Å²) in [5, 5.41) is 3.13. The highest BCUT2D eigenvalue weighted by atomic mass is 127. The molecule has 1 aliphatic carbocycles. The molecule has 5 heteroatoms. The molecule has 0 aliphatic heterocycles. The van der Waals surface area contributed by atoms with Crippen molar-refractivity contribution >= 4 is 29.9 Å². The van der Waals surface area contributed by atoms with Crippen LogP contribution in [0.4, 0.5) is 0 Å². The molecule has 0 saturated heterocycles. The first-order valence-corrected chi connectivity index (χ1v) is 6.84. The van der Waals surface area contributed by atoms with Crippen LogP contribution in [0.25, 0.3) is 0 Å². The van der Waals surface area contributed by atoms with Crippen molar-refractivity contribution in [2.45, 2.75) is 46.0 Å². The second-order valence-corrected chi connectivity index (χ2v) is 4.93. The molecule has 3 N–H and O–H groups in total. The van der Waals surface area contributed by atoms with E-state index in [2.05, 4.69) is 17.2 Å². The summed E-state index contributed by atoms with van der Waals surface area (Å²) in [6.07, 6.45) is 6.15. The van der Waals surface area contributed by atoms with Gasteiger partial charge < -0.3 is 15.8 Å². The van der Waals surface area contributed by atoms with Crippen molar-refractivity contribution in [3.05, 3.63) is 0 Å². The molecular formula is C13H28IN3O. The van der Waals surface area contributed by atoms with E-state index in [0.29, 0.717) is 11.4 Å². The van der Waals surface area contributed by atoms with Crippen LogP contribution < -0.4 is 11.1 Å². The van der Waals surface area contributed by atoms with Crippen molar-refractivity contribution in [1.82, 2.24) is 5.32 Å². The Morgan fingerprint density at radius 2 is 2.11 bits per heavy atom. The number of halogens is 1. The molecule has 0 heterocycles. The Balaban J connectivity index is 0.00000289. The molecule has 0 atom stereocenters. The highest BCUT2D eigenvalue weighted by Gasteiger charge is 2.41. The van der Waals surface area contributed by atoms with E-state index in [4.69, 9.17) is 10.5 Å². The van der Waals surface area contributed by atoms with Gasteiger partial charge in [-0.25, -0.2) is 0 Å². The van der Waals surface area contributed by atoms with E-state index in [0.717, 1.165) is 32.7 Å². The smallest absolute Gasteiger partial charge is 0.188 e. The molecule has 0 bridgehead atoms. The second kappa shape index (κ2) is 9.83. The van der Waals surface area contributed by atoms with Crippen LogP contribution in [-0.4, -0.2) is 32.3 Å². The minimum Gasteiger partial charge on any atom is -0.382 e. The lowest BCUT2D eigenvalue weighted by Gasteiger charge is -2.11. The topological polar surface area (TPSA) is 59.6 Å². The molecule has 0 aromatic rings. The molecule has 0 spiro atoms. The number of nitrogens with zero attached hydrogens (tertiary/aromatic N) is 1. The normalized spacial score (nSPS) is 17.1. The molecule has 0 unspecified atom stereocenters. The highest BCUT2D eigenvalue weighted by molar-refractivity contribution is 14.0. The first-order chi connectivity index (χ1) is 8.22. The Morgan fingerprint density at radius 3 is 2.67 bits per heavy atom. The fourth-order valence-electron chi connectivity index (χ4n) is 2.04. The fourth-order valence-corrected chi connectivity index (χ4v) is 2.04. The maximum atomic E-state index is 5.82. The number of hydrogen-bond donors (Lipinski definition) is 2. The van der Waals surface area contributed by atoms with Crippen LogP contribution in [0.1, 0.15) is 46.0 Å². The highest BCUT2D eigenvalue weighted by Crippen LogP contribution is 2.49. The van der Waals surface area contributed by atoms with Gasteiger partial charge in [0, 0.05) is 26.3 Å². The van der Waals surface area contributed by atoms with E-state index in [9.17, 15) is 0 Å². The van der Waals surface area contributed by atoms with Crippen molar-refractivity contribution in [3.8, 4) is 0 Å². The van der Waals surface area contributed by atoms with Crippen LogP contribution in [0.2, 0.25) is 0 Å². The van der Waals surface area contributed by atoms with Crippen molar-refractivity contribution in [3.63, 3.8) is 0 Å². The Morgan fingerprint density at radius 1 is 1.39 bits per heavy atom. The van der Waals surface area contributed by atoms with E-state index in [-0.39, 0.29) is 24.0 Å². The third kappa shape index (κ3) is 7.41. The van der Waals surface area contributed by atoms with E-state index < -0.39 is 0 Å². The molecule has 0 aromatic carbocycles. The number of nitrogens with one attached hydrogen (secondary N) is 1. The fraction of sp³-hybridized carbons (Fsp3) is 0.923. The number of rotatable bonds is 9. The van der Waals surface area contributed by atoms with Crippen LogP contribution in [0.5, 0.6) is 0 Å². The van der Waals surface area contributed by atoms with Gasteiger partial charge in [-0.2, -0.15) is 0 Å². The van der Waals surface area contributed by atoms with Gasteiger partial charge in [-0.1, -0.05) is 13.3 Å². The molecule has 4 nitrogen and oxygen atoms in total. The number of hydrogen-bond acceptors (Lipinski definition) is 2. The molecule has 1 fully saturated rings. The van der Waals surface area contributed by atoms with Crippen molar-refractivity contribution in [2.24, 2.45) is 16.1 Å². The molecule has 1 saturated carbocycles. The maximum Gasteiger partial charge on any atom is 0.188 e. The molecule has 1 rings (SSSR count). The molecule has 0 radical (unpaired) electrons. The van der Waals surface area contributed by atoms with Gasteiger partial charge in [0.1, 0.15) is 0 Å². The van der Waals surface area contributed by atoms with E-state index >= 15 is 0 Å². The number of nitrogens with two attached hydrogens (primary N) is 1. The lowest BCUT2D eigenvalue weighted by molar-refractivity contribution is 0.145. The summed E-state index contributed by atoms with van der Waals surface area (Å²) in [7, 11) is 0. The van der Waals surface area contributed by atoms with Gasteiger partial charge in [0.25, 0.3) is 0 Å². The summed E-state index contributed by atoms with van der Waals surface area (Å²) in [6.45, 7) is 7.55. The molecule has 1 aliphatic rings. The van der Waals surface area contributed by atoms with E-state index in [1.807, 2.05) is 6.92 Å². The van der Waals surface area contributed by atoms with Gasteiger partial charge >= 0.3 is 0 Å². The predicted molar refractivity (Wildman–Crippen MR) is 87.6 cm³/mol. The monoisotopic (exact) mass is 369 g/mol. The Labute approximate surface area is 128 Å². The first kappa shape index (κ1) is 18.0. The Bertz CT molecular complexity index is 242. The summed E-state index contributed by atoms with van der Waals surface area (Å²) in [5.74, 6) is 0.587. The van der Waals surface area contributed by atoms with Crippen LogP contribution in [0.3, 0.4) is 0 Å². The quantitative estimate of drug-likeness (QED) is 0.284. The number of aliphatic imine (C=N–C) groups is 1. The van der Waals surface area contributed by atoms with Crippen molar-refractivity contribution in [1.29, 1.82) is 0 Å². The molecule has 108 valence electrons. The maximum absolute atomic E-state index is 5.82. The molecule has 0 aromatic heterocycles. The predicted octanol–water partition coefficient (Wildman–Crippen LogP) is 2.52. The second-order valence-electron chi connectivity index (χ2n) is 4.93. The third-order valence-electron chi connectivity index (χ3n) is 3.30. The standard InChI is InChI=1S/C13H27N3O.HI/c1-3-6-13(7-8-13)11-16-12(14)15-9-5-10-17-4-2;/h3-11H2,1-2H3,(H3,14,15,16);1H. The number of ether oxygens (including phenoxy) is 1. The zero-order valence-electron chi connectivity index (χ0n) is 11.7. The first-order valence-electron chi connectivity index (χ1n) is 6.84. The Hall–Kier alpha value is -0.0400. The average molecular weight is 369 g/mol. The van der Waals surface area contributed by atoms with E-state index in [1.165, 1.54) is 25.7 Å². The van der Waals surface area contributed by atoms with Crippen LogP contribution >= 0.6 is 24.0 Å². The summed E-state index contributed by atoms with van der Waals surface area (Å²) < 4.78 is 5.25. The summed E-state index contributed by atoms with van der Waals surface area (Å²) >= 11 is 0. The minimum absolute atomic E-state index is 0. The van der Waals surface area contributed by atoms with Gasteiger partial charge in [0.15, 0.2) is 5.96 Å². The largest absolute Gasteiger partial charge is 0.382 e. The molecule has 0 amide bonds. The molecular weight excluding hydrogens is 341 g/mol. The van der Waals surface area contributed by atoms with Crippen molar-refractivity contribution < 1.29 is 4.74 Å². The number of guanidine groups is 1.